The van der Waals surface area contributed by atoms with Gasteiger partial charge in [0.25, 0.3) is 0 Å². The molecule has 1 heterocycles. The van der Waals surface area contributed by atoms with E-state index in [1.165, 1.54) is 0 Å². The lowest BCUT2D eigenvalue weighted by Gasteiger charge is -2.06. The Bertz CT molecular complexity index is 323. The van der Waals surface area contributed by atoms with Gasteiger partial charge in [0.2, 0.25) is 0 Å². The zero-order valence-corrected chi connectivity index (χ0v) is 7.20. The van der Waals surface area contributed by atoms with E-state index in [2.05, 4.69) is 10.9 Å². The largest absolute Gasteiger partial charge is 0.506 e. The Hall–Kier alpha value is -1.49. The van der Waals surface area contributed by atoms with Crippen molar-refractivity contribution >= 4 is 0 Å². The van der Waals surface area contributed by atoms with Crippen LogP contribution >= 0.6 is 0 Å². The molecule has 0 saturated heterocycles. The van der Waals surface area contributed by atoms with Crippen molar-refractivity contribution in [3.8, 4) is 18.1 Å². The summed E-state index contributed by atoms with van der Waals surface area (Å²) in [6.07, 6.45) is 6.74. The molecule has 62 valence electrons. The van der Waals surface area contributed by atoms with Gasteiger partial charge in [-0.3, -0.25) is 4.98 Å². The first kappa shape index (κ1) is 8.61. The monoisotopic (exact) mass is 161 g/mol. The van der Waals surface area contributed by atoms with E-state index in [1.54, 1.807) is 12.3 Å². The smallest absolute Gasteiger partial charge is 0.138 e. The van der Waals surface area contributed by atoms with E-state index in [0.717, 1.165) is 0 Å². The predicted octanol–water partition coefficient (Wildman–Crippen LogP) is 1.89. The van der Waals surface area contributed by atoms with Crippen molar-refractivity contribution < 1.29 is 5.11 Å². The van der Waals surface area contributed by atoms with Crippen LogP contribution in [0.3, 0.4) is 0 Å². The van der Waals surface area contributed by atoms with E-state index in [1.807, 2.05) is 13.8 Å². The lowest BCUT2D eigenvalue weighted by Crippen LogP contribution is -1.93. The Kier molecular flexibility index (Phi) is 2.35. The van der Waals surface area contributed by atoms with Crippen LogP contribution in [0.25, 0.3) is 0 Å². The van der Waals surface area contributed by atoms with Crippen molar-refractivity contribution in [1.29, 1.82) is 0 Å². The summed E-state index contributed by atoms with van der Waals surface area (Å²) in [5.74, 6) is 2.81. The topological polar surface area (TPSA) is 33.1 Å². The lowest BCUT2D eigenvalue weighted by molar-refractivity contribution is 0.460. The Labute approximate surface area is 72.3 Å². The molecule has 0 atom stereocenters. The van der Waals surface area contributed by atoms with Gasteiger partial charge in [0.05, 0.1) is 5.69 Å². The molecule has 1 rings (SSSR count). The number of pyridine rings is 1. The summed E-state index contributed by atoms with van der Waals surface area (Å²) in [6.45, 7) is 3.94. The maximum atomic E-state index is 9.43. The minimum Gasteiger partial charge on any atom is -0.506 e. The number of terminal acetylenes is 1. The summed E-state index contributed by atoms with van der Waals surface area (Å²) in [4.78, 5) is 4.06. The number of hydrogen-bond acceptors (Lipinski definition) is 2. The van der Waals surface area contributed by atoms with E-state index < -0.39 is 0 Å². The fraction of sp³-hybridized carbons (Fsp3) is 0.300. The number of hydrogen-bond donors (Lipinski definition) is 1. The number of aromatic nitrogens is 1. The summed E-state index contributed by atoms with van der Waals surface area (Å²) in [5, 5.41) is 9.43. The zero-order valence-electron chi connectivity index (χ0n) is 7.20. The van der Waals surface area contributed by atoms with Crippen molar-refractivity contribution in [2.75, 3.05) is 0 Å². The van der Waals surface area contributed by atoms with Gasteiger partial charge in [-0.15, -0.1) is 6.42 Å². The van der Waals surface area contributed by atoms with Gasteiger partial charge in [0, 0.05) is 11.8 Å². The number of rotatable bonds is 1. The molecule has 2 heteroatoms. The van der Waals surface area contributed by atoms with Crippen molar-refractivity contribution in [2.45, 2.75) is 19.8 Å². The fourth-order valence-corrected chi connectivity index (χ4v) is 0.987. The average molecular weight is 161 g/mol. The van der Waals surface area contributed by atoms with Crippen molar-refractivity contribution in [1.82, 2.24) is 4.98 Å². The molecule has 0 fully saturated rings. The molecule has 0 saturated carbocycles. The molecule has 0 bridgehead atoms. The Morgan fingerprint density at radius 2 is 2.25 bits per heavy atom. The van der Waals surface area contributed by atoms with Crippen LogP contribution in [0.4, 0.5) is 0 Å². The van der Waals surface area contributed by atoms with Crippen LogP contribution in [0, 0.1) is 12.3 Å². The molecular weight excluding hydrogens is 150 g/mol. The van der Waals surface area contributed by atoms with Crippen LogP contribution in [-0.4, -0.2) is 10.1 Å². The second-order valence-corrected chi connectivity index (χ2v) is 2.93. The van der Waals surface area contributed by atoms with Gasteiger partial charge in [0.1, 0.15) is 5.75 Å². The third-order valence-corrected chi connectivity index (χ3v) is 1.61. The molecule has 0 radical (unpaired) electrons. The first-order valence-corrected chi connectivity index (χ1v) is 3.80. The molecule has 0 aliphatic carbocycles. The molecule has 1 aromatic heterocycles. The standard InChI is InChI=1S/C10H11NO/c1-4-8-5-9(12)10(7(2)3)11-6-8/h1,5-7,12H,2-3H3. The van der Waals surface area contributed by atoms with Crippen LogP contribution in [0.1, 0.15) is 31.0 Å². The minimum atomic E-state index is 0.181. The highest BCUT2D eigenvalue weighted by Gasteiger charge is 2.06. The highest BCUT2D eigenvalue weighted by molar-refractivity contribution is 5.39. The first-order valence-electron chi connectivity index (χ1n) is 3.80. The number of nitrogens with zero attached hydrogens (tertiary/aromatic N) is 1. The Morgan fingerprint density at radius 3 is 2.67 bits per heavy atom. The van der Waals surface area contributed by atoms with E-state index in [4.69, 9.17) is 6.42 Å². The summed E-state index contributed by atoms with van der Waals surface area (Å²) < 4.78 is 0. The van der Waals surface area contributed by atoms with E-state index in [9.17, 15) is 5.11 Å². The van der Waals surface area contributed by atoms with Gasteiger partial charge < -0.3 is 5.11 Å². The average Bonchev–Trinajstić information content (AvgIpc) is 2.03. The van der Waals surface area contributed by atoms with Crippen molar-refractivity contribution in [3.63, 3.8) is 0 Å². The molecule has 0 aliphatic heterocycles. The molecular formula is C10H11NO. The minimum absolute atomic E-state index is 0.181. The summed E-state index contributed by atoms with van der Waals surface area (Å²) in [7, 11) is 0. The highest BCUT2D eigenvalue weighted by Crippen LogP contribution is 2.22. The fourth-order valence-electron chi connectivity index (χ4n) is 0.987. The first-order chi connectivity index (χ1) is 5.65. The molecule has 0 unspecified atom stereocenters. The SMILES string of the molecule is C#Cc1cnc(C(C)C)c(O)c1. The predicted molar refractivity (Wildman–Crippen MR) is 47.9 cm³/mol. The van der Waals surface area contributed by atoms with Crippen LogP contribution < -0.4 is 0 Å². The zero-order chi connectivity index (χ0) is 9.14. The van der Waals surface area contributed by atoms with Gasteiger partial charge in [-0.1, -0.05) is 19.8 Å². The second-order valence-electron chi connectivity index (χ2n) is 2.93. The maximum Gasteiger partial charge on any atom is 0.138 e. The third kappa shape index (κ3) is 1.57. The molecule has 0 aliphatic rings. The molecule has 2 nitrogen and oxygen atoms in total. The van der Waals surface area contributed by atoms with Crippen LogP contribution in [0.5, 0.6) is 5.75 Å². The van der Waals surface area contributed by atoms with Gasteiger partial charge in [-0.25, -0.2) is 0 Å². The van der Waals surface area contributed by atoms with Crippen LogP contribution in [0.15, 0.2) is 12.3 Å². The van der Waals surface area contributed by atoms with E-state index in [-0.39, 0.29) is 11.7 Å². The number of aromatic hydroxyl groups is 1. The molecule has 0 aromatic carbocycles. The van der Waals surface area contributed by atoms with Gasteiger partial charge in [-0.2, -0.15) is 0 Å². The summed E-state index contributed by atoms with van der Waals surface area (Å²) >= 11 is 0. The van der Waals surface area contributed by atoms with Gasteiger partial charge in [-0.05, 0) is 12.0 Å². The summed E-state index contributed by atoms with van der Waals surface area (Å²) in [6, 6.07) is 1.56. The lowest BCUT2D eigenvalue weighted by atomic mass is 10.1. The van der Waals surface area contributed by atoms with Gasteiger partial charge in [0.15, 0.2) is 0 Å². The quantitative estimate of drug-likeness (QED) is 0.638. The third-order valence-electron chi connectivity index (χ3n) is 1.61. The molecule has 12 heavy (non-hydrogen) atoms. The summed E-state index contributed by atoms with van der Waals surface area (Å²) in [5.41, 5.74) is 1.30. The van der Waals surface area contributed by atoms with Crippen molar-refractivity contribution in [3.05, 3.63) is 23.5 Å². The second kappa shape index (κ2) is 3.27. The van der Waals surface area contributed by atoms with Crippen molar-refractivity contribution in [2.24, 2.45) is 0 Å². The van der Waals surface area contributed by atoms with E-state index >= 15 is 0 Å². The Balaban J connectivity index is 3.14. The molecule has 0 spiro atoms. The molecule has 0 amide bonds. The van der Waals surface area contributed by atoms with Crippen LogP contribution in [0.2, 0.25) is 0 Å². The highest BCUT2D eigenvalue weighted by atomic mass is 16.3. The molecule has 1 aromatic rings. The Morgan fingerprint density at radius 1 is 1.58 bits per heavy atom. The van der Waals surface area contributed by atoms with E-state index in [0.29, 0.717) is 11.3 Å². The maximum absolute atomic E-state index is 9.43. The molecule has 1 N–H and O–H groups in total. The normalized spacial score (nSPS) is 9.83. The van der Waals surface area contributed by atoms with Gasteiger partial charge >= 0.3 is 0 Å². The van der Waals surface area contributed by atoms with Crippen LogP contribution in [-0.2, 0) is 0 Å².